The van der Waals surface area contributed by atoms with Gasteiger partial charge in [0.25, 0.3) is 0 Å². The van der Waals surface area contributed by atoms with Crippen LogP contribution in [0.3, 0.4) is 0 Å². The zero-order valence-corrected chi connectivity index (χ0v) is 23.9. The smallest absolute Gasteiger partial charge is 0.210 e. The Morgan fingerprint density at radius 3 is 1.65 bits per heavy atom. The highest BCUT2D eigenvalue weighted by Crippen LogP contribution is 2.20. The van der Waals surface area contributed by atoms with E-state index in [0.29, 0.717) is 20.1 Å². The molecule has 4 rings (SSSR count). The van der Waals surface area contributed by atoms with Gasteiger partial charge in [0, 0.05) is 13.2 Å². The summed E-state index contributed by atoms with van der Waals surface area (Å²) >= 11 is 0. The number of hydrogen-bond donors (Lipinski definition) is 2. The monoisotopic (exact) mass is 534 g/mol. The van der Waals surface area contributed by atoms with E-state index in [-0.39, 0.29) is 12.8 Å². The zero-order valence-electron chi connectivity index (χ0n) is 23.9. The lowest BCUT2D eigenvalue weighted by Crippen LogP contribution is -2.47. The van der Waals surface area contributed by atoms with Gasteiger partial charge in [-0.15, -0.1) is 0 Å². The summed E-state index contributed by atoms with van der Waals surface area (Å²) in [5, 5.41) is 6.69. The molecule has 0 aliphatic rings. The van der Waals surface area contributed by atoms with Crippen LogP contribution in [0.2, 0.25) is 12.6 Å². The van der Waals surface area contributed by atoms with Crippen molar-refractivity contribution in [3.05, 3.63) is 109 Å². The molecule has 0 fully saturated rings. The van der Waals surface area contributed by atoms with Gasteiger partial charge in [0.1, 0.15) is 18.3 Å². The van der Waals surface area contributed by atoms with Crippen LogP contribution in [-0.4, -0.2) is 60.6 Å². The average Bonchev–Trinajstić information content (AvgIpc) is 3.01. The molecule has 4 aromatic carbocycles. The van der Waals surface area contributed by atoms with Crippen molar-refractivity contribution in [3.63, 3.8) is 0 Å². The predicted molar refractivity (Wildman–Crippen MR) is 170 cm³/mol. The second-order valence-corrected chi connectivity index (χ2v) is 10.1. The summed E-state index contributed by atoms with van der Waals surface area (Å²) in [6, 6.07) is 38.5. The van der Waals surface area contributed by atoms with Crippen LogP contribution in [0.5, 0.6) is 11.5 Å². The number of likely N-dealkylation sites (N-methyl/N-ethyl adjacent to an activating group) is 1. The standard InChI is InChI=1S/C33H40B2N2O3/c1-36-23-22-34(27-10-6-4-7-11-27)29-14-18-32(19-15-29)40-33-20-16-30(17-21-33)35(28-12-8-5-9-13-28)24-31(37-2)25-39-26-38-3/h4-21,31,36-37H,22-26H2,1-3H3. The van der Waals surface area contributed by atoms with E-state index in [1.165, 1.54) is 21.9 Å². The molecule has 0 aliphatic heterocycles. The van der Waals surface area contributed by atoms with Crippen molar-refractivity contribution >= 4 is 35.3 Å². The topological polar surface area (TPSA) is 51.8 Å². The molecule has 0 saturated carbocycles. The maximum Gasteiger partial charge on any atom is 0.210 e. The van der Waals surface area contributed by atoms with Gasteiger partial charge < -0.3 is 24.8 Å². The minimum absolute atomic E-state index is 0.197. The molecule has 0 aromatic heterocycles. The third kappa shape index (κ3) is 8.57. The molecular formula is C33H40B2N2O3. The Kier molecular flexibility index (Phi) is 11.9. The lowest BCUT2D eigenvalue weighted by molar-refractivity contribution is -0.0359. The highest BCUT2D eigenvalue weighted by molar-refractivity contribution is 6.85. The molecule has 5 nitrogen and oxygen atoms in total. The second kappa shape index (κ2) is 16.0. The summed E-state index contributed by atoms with van der Waals surface area (Å²) in [5.41, 5.74) is 5.16. The van der Waals surface area contributed by atoms with Gasteiger partial charge in [-0.2, -0.15) is 0 Å². The molecule has 0 amide bonds. The van der Waals surface area contributed by atoms with Crippen LogP contribution in [0, 0.1) is 0 Å². The molecule has 0 spiro atoms. The molecule has 206 valence electrons. The summed E-state index contributed by atoms with van der Waals surface area (Å²) in [5.74, 6) is 1.66. The van der Waals surface area contributed by atoms with E-state index >= 15 is 0 Å². The first-order valence-corrected chi connectivity index (χ1v) is 14.1. The second-order valence-electron chi connectivity index (χ2n) is 10.1. The Bertz CT molecular complexity index is 1240. The molecule has 1 unspecified atom stereocenters. The van der Waals surface area contributed by atoms with Crippen molar-refractivity contribution in [3.8, 4) is 11.5 Å². The Morgan fingerprint density at radius 2 is 1.15 bits per heavy atom. The van der Waals surface area contributed by atoms with E-state index in [4.69, 9.17) is 14.2 Å². The Balaban J connectivity index is 1.46. The molecule has 0 radical (unpaired) electrons. The van der Waals surface area contributed by atoms with Crippen molar-refractivity contribution < 1.29 is 14.2 Å². The van der Waals surface area contributed by atoms with Gasteiger partial charge in [0.15, 0.2) is 0 Å². The average molecular weight is 534 g/mol. The first-order valence-electron chi connectivity index (χ1n) is 14.1. The van der Waals surface area contributed by atoms with Gasteiger partial charge in [-0.1, -0.05) is 113 Å². The Labute approximate surface area is 240 Å². The zero-order chi connectivity index (χ0) is 28.0. The van der Waals surface area contributed by atoms with Crippen molar-refractivity contribution in [1.82, 2.24) is 10.6 Å². The van der Waals surface area contributed by atoms with Gasteiger partial charge in [0.05, 0.1) is 6.61 Å². The summed E-state index contributed by atoms with van der Waals surface area (Å²) in [6.45, 7) is 2.42. The highest BCUT2D eigenvalue weighted by Gasteiger charge is 2.23. The van der Waals surface area contributed by atoms with Gasteiger partial charge in [-0.05, 0) is 51.2 Å². The maximum absolute atomic E-state index is 6.25. The van der Waals surface area contributed by atoms with E-state index in [0.717, 1.165) is 30.7 Å². The van der Waals surface area contributed by atoms with E-state index in [2.05, 4.69) is 120 Å². The van der Waals surface area contributed by atoms with Crippen molar-refractivity contribution in [2.75, 3.05) is 41.1 Å². The van der Waals surface area contributed by atoms with Crippen LogP contribution in [-0.2, 0) is 9.47 Å². The van der Waals surface area contributed by atoms with Crippen molar-refractivity contribution in [2.24, 2.45) is 0 Å². The Morgan fingerprint density at radius 1 is 0.650 bits per heavy atom. The molecule has 0 saturated heterocycles. The fraction of sp³-hybridized carbons (Fsp3) is 0.273. The maximum atomic E-state index is 6.25. The van der Waals surface area contributed by atoms with E-state index in [9.17, 15) is 0 Å². The molecule has 0 aliphatic carbocycles. The van der Waals surface area contributed by atoms with Crippen LogP contribution in [0.15, 0.2) is 109 Å². The number of rotatable bonds is 16. The molecule has 0 heterocycles. The number of methoxy groups -OCH3 is 1. The third-order valence-electron chi connectivity index (χ3n) is 7.34. The molecule has 1 atom stereocenters. The lowest BCUT2D eigenvalue weighted by Gasteiger charge is -2.22. The van der Waals surface area contributed by atoms with Crippen LogP contribution in [0.1, 0.15) is 0 Å². The first-order chi connectivity index (χ1) is 19.7. The molecule has 0 bridgehead atoms. The van der Waals surface area contributed by atoms with Gasteiger partial charge in [-0.25, -0.2) is 0 Å². The SMILES string of the molecule is CNCCB(c1ccccc1)c1ccc(Oc2ccc(B(CC(COCOC)NC)c3ccccc3)cc2)cc1. The highest BCUT2D eigenvalue weighted by atomic mass is 16.7. The summed E-state index contributed by atoms with van der Waals surface area (Å²) in [4.78, 5) is 0. The van der Waals surface area contributed by atoms with Gasteiger partial charge in [-0.3, -0.25) is 0 Å². The fourth-order valence-corrected chi connectivity index (χ4v) is 5.15. The van der Waals surface area contributed by atoms with E-state index < -0.39 is 0 Å². The normalized spacial score (nSPS) is 11.7. The fourth-order valence-electron chi connectivity index (χ4n) is 5.15. The number of hydrogen-bond acceptors (Lipinski definition) is 5. The molecular weight excluding hydrogens is 494 g/mol. The molecule has 40 heavy (non-hydrogen) atoms. The van der Waals surface area contributed by atoms with Crippen molar-refractivity contribution in [2.45, 2.75) is 18.7 Å². The van der Waals surface area contributed by atoms with Crippen molar-refractivity contribution in [1.29, 1.82) is 0 Å². The Hall–Kier alpha value is -3.35. The van der Waals surface area contributed by atoms with Gasteiger partial charge >= 0.3 is 0 Å². The number of nitrogens with one attached hydrogen (secondary N) is 2. The van der Waals surface area contributed by atoms with E-state index in [1.807, 2.05) is 14.1 Å². The van der Waals surface area contributed by atoms with Crippen LogP contribution >= 0.6 is 0 Å². The van der Waals surface area contributed by atoms with Crippen LogP contribution < -0.4 is 37.2 Å². The quantitative estimate of drug-likeness (QED) is 0.132. The minimum Gasteiger partial charge on any atom is -0.457 e. The molecule has 2 N–H and O–H groups in total. The first kappa shape index (κ1) is 29.6. The lowest BCUT2D eigenvalue weighted by atomic mass is 9.38. The number of ether oxygens (including phenoxy) is 3. The summed E-state index contributed by atoms with van der Waals surface area (Å²) in [7, 11) is 5.63. The largest absolute Gasteiger partial charge is 0.457 e. The summed E-state index contributed by atoms with van der Waals surface area (Å²) in [6.07, 6.45) is 1.94. The van der Waals surface area contributed by atoms with Crippen LogP contribution in [0.4, 0.5) is 0 Å². The minimum atomic E-state index is 0.197. The molecule has 4 aromatic rings. The third-order valence-corrected chi connectivity index (χ3v) is 7.34. The van der Waals surface area contributed by atoms with E-state index in [1.54, 1.807) is 7.11 Å². The molecule has 7 heteroatoms. The number of benzene rings is 4. The summed E-state index contributed by atoms with van der Waals surface area (Å²) < 4.78 is 17.0. The van der Waals surface area contributed by atoms with Gasteiger partial charge in [0.2, 0.25) is 13.4 Å². The van der Waals surface area contributed by atoms with Crippen LogP contribution in [0.25, 0.3) is 0 Å². The predicted octanol–water partition coefficient (Wildman–Crippen LogP) is 3.12.